The van der Waals surface area contributed by atoms with Crippen molar-refractivity contribution in [3.63, 3.8) is 0 Å². The highest BCUT2D eigenvalue weighted by Crippen LogP contribution is 2.31. The number of thiazole rings is 1. The van der Waals surface area contributed by atoms with E-state index in [1.165, 1.54) is 11.8 Å². The van der Waals surface area contributed by atoms with Crippen molar-refractivity contribution >= 4 is 50.0 Å². The van der Waals surface area contributed by atoms with Crippen LogP contribution in [-0.4, -0.2) is 28.3 Å². The van der Waals surface area contributed by atoms with Gasteiger partial charge in [-0.1, -0.05) is 11.8 Å². The third kappa shape index (κ3) is 3.11. The molecule has 6 heteroatoms. The van der Waals surface area contributed by atoms with Crippen molar-refractivity contribution in [2.24, 2.45) is 5.92 Å². The summed E-state index contributed by atoms with van der Waals surface area (Å²) in [5, 5.41) is 1.15. The number of aromatic nitrogens is 1. The van der Waals surface area contributed by atoms with Crippen LogP contribution in [0.4, 0.5) is 5.69 Å². The van der Waals surface area contributed by atoms with E-state index in [-0.39, 0.29) is 16.9 Å². The Hall–Kier alpha value is -1.40. The van der Waals surface area contributed by atoms with Gasteiger partial charge in [-0.15, -0.1) is 11.3 Å². The minimum absolute atomic E-state index is 0.113. The molecule has 0 bridgehead atoms. The van der Waals surface area contributed by atoms with E-state index in [2.05, 4.69) is 4.98 Å². The van der Waals surface area contributed by atoms with Crippen molar-refractivity contribution in [3.8, 4) is 0 Å². The third-order valence-corrected chi connectivity index (χ3v) is 5.50. The summed E-state index contributed by atoms with van der Waals surface area (Å²) in [6, 6.07) is 5.97. The van der Waals surface area contributed by atoms with Gasteiger partial charge in [0, 0.05) is 31.3 Å². The van der Waals surface area contributed by atoms with Crippen LogP contribution in [0.25, 0.3) is 10.2 Å². The zero-order chi connectivity index (χ0) is 15.0. The molecule has 1 unspecified atom stereocenters. The highest BCUT2D eigenvalue weighted by molar-refractivity contribution is 8.13. The maximum absolute atomic E-state index is 12.2. The van der Waals surface area contributed by atoms with Crippen LogP contribution in [0.1, 0.15) is 18.4 Å². The summed E-state index contributed by atoms with van der Waals surface area (Å²) < 4.78 is 1.11. The monoisotopic (exact) mass is 320 g/mol. The molecule has 1 aliphatic heterocycles. The Morgan fingerprint density at radius 2 is 2.33 bits per heavy atom. The maximum atomic E-state index is 12.2. The molecule has 2 heterocycles. The lowest BCUT2D eigenvalue weighted by atomic mass is 10.1. The maximum Gasteiger partial charge on any atom is 0.227 e. The van der Waals surface area contributed by atoms with E-state index in [9.17, 15) is 9.59 Å². The van der Waals surface area contributed by atoms with Gasteiger partial charge in [-0.3, -0.25) is 9.59 Å². The summed E-state index contributed by atoms with van der Waals surface area (Å²) in [4.78, 5) is 29.5. The van der Waals surface area contributed by atoms with Gasteiger partial charge in [-0.2, -0.15) is 0 Å². The topological polar surface area (TPSA) is 50.3 Å². The second-order valence-corrected chi connectivity index (χ2v) is 7.69. The third-order valence-electron chi connectivity index (χ3n) is 3.52. The Kier molecular flexibility index (Phi) is 3.99. The first-order valence-corrected chi connectivity index (χ1v) is 8.64. The van der Waals surface area contributed by atoms with E-state index in [0.717, 1.165) is 26.7 Å². The Bertz CT molecular complexity index is 711. The first-order chi connectivity index (χ1) is 10.0. The predicted molar refractivity (Wildman–Crippen MR) is 88.0 cm³/mol. The summed E-state index contributed by atoms with van der Waals surface area (Å²) in [5.41, 5.74) is 1.92. The molecule has 0 saturated carbocycles. The highest BCUT2D eigenvalue weighted by Gasteiger charge is 2.30. The molecular weight excluding hydrogens is 304 g/mol. The van der Waals surface area contributed by atoms with E-state index in [1.54, 1.807) is 18.3 Å². The number of amides is 1. The zero-order valence-corrected chi connectivity index (χ0v) is 13.6. The molecule has 1 aliphatic rings. The summed E-state index contributed by atoms with van der Waals surface area (Å²) >= 11 is 2.95. The first kappa shape index (κ1) is 14.5. The first-order valence-electron chi connectivity index (χ1n) is 6.84. The molecule has 1 aromatic heterocycles. The Balaban J connectivity index is 1.78. The number of fused-ring (bicyclic) bond motifs is 1. The van der Waals surface area contributed by atoms with Crippen molar-refractivity contribution in [2.75, 3.05) is 17.2 Å². The molecule has 2 aromatic rings. The molecule has 1 aromatic carbocycles. The number of rotatable bonds is 3. The lowest BCUT2D eigenvalue weighted by Crippen LogP contribution is -2.24. The van der Waals surface area contributed by atoms with E-state index in [4.69, 9.17) is 0 Å². The molecule has 0 aliphatic carbocycles. The lowest BCUT2D eigenvalue weighted by molar-refractivity contribution is -0.117. The molecule has 1 amide bonds. The van der Waals surface area contributed by atoms with Gasteiger partial charge in [0.1, 0.15) is 0 Å². The SMILES string of the molecule is CC(=O)SCC1CC(=O)N(c2ccc3nc(C)sc3c2)C1. The second-order valence-electron chi connectivity index (χ2n) is 5.26. The smallest absolute Gasteiger partial charge is 0.227 e. The van der Waals surface area contributed by atoms with Crippen LogP contribution >= 0.6 is 23.1 Å². The van der Waals surface area contributed by atoms with Gasteiger partial charge in [0.2, 0.25) is 5.91 Å². The van der Waals surface area contributed by atoms with Crippen molar-refractivity contribution < 1.29 is 9.59 Å². The van der Waals surface area contributed by atoms with E-state index < -0.39 is 0 Å². The molecule has 0 radical (unpaired) electrons. The number of carbonyl (C=O) groups is 2. The van der Waals surface area contributed by atoms with Crippen LogP contribution in [-0.2, 0) is 9.59 Å². The molecular formula is C15H16N2O2S2. The summed E-state index contributed by atoms with van der Waals surface area (Å²) in [7, 11) is 0. The Morgan fingerprint density at radius 3 is 3.10 bits per heavy atom. The van der Waals surface area contributed by atoms with Crippen LogP contribution in [0.3, 0.4) is 0 Å². The molecule has 4 nitrogen and oxygen atoms in total. The number of benzene rings is 1. The van der Waals surface area contributed by atoms with Crippen molar-refractivity contribution in [1.82, 2.24) is 4.98 Å². The molecule has 3 rings (SSSR count). The van der Waals surface area contributed by atoms with Gasteiger partial charge in [0.25, 0.3) is 0 Å². The Labute approximate surface area is 131 Å². The van der Waals surface area contributed by atoms with Gasteiger partial charge in [0.15, 0.2) is 5.12 Å². The van der Waals surface area contributed by atoms with E-state index >= 15 is 0 Å². The standard InChI is InChI=1S/C15H16N2O2S2/c1-9-16-13-4-3-12(6-14(13)21-9)17-7-11(5-15(17)19)8-20-10(2)18/h3-4,6,11H,5,7-8H2,1-2H3. The minimum Gasteiger partial charge on any atom is -0.312 e. The van der Waals surface area contributed by atoms with Gasteiger partial charge in [-0.05, 0) is 31.0 Å². The van der Waals surface area contributed by atoms with Gasteiger partial charge < -0.3 is 4.90 Å². The number of aryl methyl sites for hydroxylation is 1. The van der Waals surface area contributed by atoms with Crippen LogP contribution in [0.5, 0.6) is 0 Å². The highest BCUT2D eigenvalue weighted by atomic mass is 32.2. The number of hydrogen-bond acceptors (Lipinski definition) is 5. The second kappa shape index (κ2) is 5.77. The number of carbonyl (C=O) groups excluding carboxylic acids is 2. The molecule has 0 N–H and O–H groups in total. The molecule has 1 saturated heterocycles. The molecule has 0 spiro atoms. The zero-order valence-electron chi connectivity index (χ0n) is 12.0. The number of anilines is 1. The van der Waals surface area contributed by atoms with Gasteiger partial charge >= 0.3 is 0 Å². The summed E-state index contributed by atoms with van der Waals surface area (Å²) in [6.45, 7) is 4.25. The number of hydrogen-bond donors (Lipinski definition) is 0. The predicted octanol–water partition coefficient (Wildman–Crippen LogP) is 3.24. The van der Waals surface area contributed by atoms with Crippen LogP contribution < -0.4 is 4.90 Å². The van der Waals surface area contributed by atoms with Crippen molar-refractivity contribution in [2.45, 2.75) is 20.3 Å². The summed E-state index contributed by atoms with van der Waals surface area (Å²) in [6.07, 6.45) is 0.528. The van der Waals surface area contributed by atoms with Gasteiger partial charge in [-0.25, -0.2) is 4.98 Å². The fraction of sp³-hybridized carbons (Fsp3) is 0.400. The lowest BCUT2D eigenvalue weighted by Gasteiger charge is -2.16. The van der Waals surface area contributed by atoms with Crippen LogP contribution in [0, 0.1) is 12.8 Å². The molecule has 21 heavy (non-hydrogen) atoms. The van der Waals surface area contributed by atoms with Crippen LogP contribution in [0.2, 0.25) is 0 Å². The fourth-order valence-corrected chi connectivity index (χ4v) is 4.13. The molecule has 1 atom stereocenters. The fourth-order valence-electron chi connectivity index (χ4n) is 2.57. The average Bonchev–Trinajstić information content (AvgIpc) is 2.97. The average molecular weight is 320 g/mol. The van der Waals surface area contributed by atoms with Gasteiger partial charge in [0.05, 0.1) is 15.2 Å². The quantitative estimate of drug-likeness (QED) is 0.871. The Morgan fingerprint density at radius 1 is 1.52 bits per heavy atom. The molecule has 1 fully saturated rings. The normalized spacial score (nSPS) is 18.7. The van der Waals surface area contributed by atoms with Crippen molar-refractivity contribution in [3.05, 3.63) is 23.2 Å². The van der Waals surface area contributed by atoms with E-state index in [0.29, 0.717) is 13.0 Å². The van der Waals surface area contributed by atoms with Crippen LogP contribution in [0.15, 0.2) is 18.2 Å². The molecule has 110 valence electrons. The number of nitrogens with zero attached hydrogens (tertiary/aromatic N) is 2. The summed E-state index contributed by atoms with van der Waals surface area (Å²) in [5.74, 6) is 1.12. The number of thioether (sulfide) groups is 1. The largest absolute Gasteiger partial charge is 0.312 e. The van der Waals surface area contributed by atoms with Crippen molar-refractivity contribution in [1.29, 1.82) is 0 Å². The van der Waals surface area contributed by atoms with E-state index in [1.807, 2.05) is 30.0 Å². The minimum atomic E-state index is 0.113.